The summed E-state index contributed by atoms with van der Waals surface area (Å²) in [6, 6.07) is 5.88. The van der Waals surface area contributed by atoms with E-state index in [0.29, 0.717) is 6.42 Å². The van der Waals surface area contributed by atoms with Gasteiger partial charge in [0.2, 0.25) is 0 Å². The van der Waals surface area contributed by atoms with Crippen molar-refractivity contribution in [2.24, 2.45) is 5.92 Å². The minimum absolute atomic E-state index is 0.0661. The van der Waals surface area contributed by atoms with E-state index in [1.807, 2.05) is 25.1 Å². The van der Waals surface area contributed by atoms with Crippen LogP contribution in [0.5, 0.6) is 5.75 Å². The molecule has 1 aromatic carbocycles. The highest BCUT2D eigenvalue weighted by Crippen LogP contribution is 2.39. The number of carbonyl (C=O) groups is 1. The highest BCUT2D eigenvalue weighted by Gasteiger charge is 2.32. The van der Waals surface area contributed by atoms with Crippen LogP contribution in [0.4, 0.5) is 0 Å². The largest absolute Gasteiger partial charge is 0.496 e. The minimum atomic E-state index is -0.694. The van der Waals surface area contributed by atoms with E-state index < -0.39 is 5.97 Å². The molecule has 16 heavy (non-hydrogen) atoms. The zero-order chi connectivity index (χ0) is 11.7. The summed E-state index contributed by atoms with van der Waals surface area (Å²) in [5.74, 6) is -0.00915. The third-order valence-corrected chi connectivity index (χ3v) is 3.51. The predicted octanol–water partition coefficient (Wildman–Crippen LogP) is 2.45. The van der Waals surface area contributed by atoms with Crippen LogP contribution in [-0.4, -0.2) is 18.2 Å². The molecule has 2 rings (SSSR count). The van der Waals surface area contributed by atoms with Crippen molar-refractivity contribution in [3.8, 4) is 5.75 Å². The molecule has 0 fully saturated rings. The van der Waals surface area contributed by atoms with Gasteiger partial charge in [0.25, 0.3) is 0 Å². The summed E-state index contributed by atoms with van der Waals surface area (Å²) >= 11 is 0. The Balaban J connectivity index is 2.42. The van der Waals surface area contributed by atoms with E-state index in [0.717, 1.165) is 17.7 Å². The molecule has 2 atom stereocenters. The Morgan fingerprint density at radius 3 is 2.88 bits per heavy atom. The summed E-state index contributed by atoms with van der Waals surface area (Å²) in [5.41, 5.74) is 2.30. The number of methoxy groups -OCH3 is 1. The van der Waals surface area contributed by atoms with Crippen molar-refractivity contribution in [3.63, 3.8) is 0 Å². The zero-order valence-electron chi connectivity index (χ0n) is 9.56. The van der Waals surface area contributed by atoms with Crippen LogP contribution in [0.3, 0.4) is 0 Å². The van der Waals surface area contributed by atoms with Crippen LogP contribution in [0.2, 0.25) is 0 Å². The van der Waals surface area contributed by atoms with Gasteiger partial charge in [-0.05, 0) is 36.0 Å². The molecule has 0 spiro atoms. The lowest BCUT2D eigenvalue weighted by molar-refractivity contribution is -0.142. The molecule has 0 saturated carbocycles. The fraction of sp³-hybridized carbons (Fsp3) is 0.462. The van der Waals surface area contributed by atoms with Crippen LogP contribution < -0.4 is 4.74 Å². The standard InChI is InChI=1S/C13H16O3/c1-8-9-4-3-5-12(16-2)11(9)7-6-10(8)13(14)15/h3-5,8,10H,6-7H2,1-2H3,(H,14,15). The number of fused-ring (bicyclic) bond motifs is 1. The second-order valence-corrected chi connectivity index (χ2v) is 4.30. The van der Waals surface area contributed by atoms with Crippen molar-refractivity contribution in [1.29, 1.82) is 0 Å². The molecule has 0 heterocycles. The first-order valence-electron chi connectivity index (χ1n) is 5.53. The first-order valence-corrected chi connectivity index (χ1v) is 5.53. The third-order valence-electron chi connectivity index (χ3n) is 3.51. The van der Waals surface area contributed by atoms with Crippen molar-refractivity contribution in [2.75, 3.05) is 7.11 Å². The molecule has 1 aromatic rings. The Kier molecular flexibility index (Phi) is 2.86. The fourth-order valence-electron chi connectivity index (χ4n) is 2.57. The quantitative estimate of drug-likeness (QED) is 0.832. The smallest absolute Gasteiger partial charge is 0.307 e. The number of carboxylic acids is 1. The lowest BCUT2D eigenvalue weighted by atomic mass is 9.76. The van der Waals surface area contributed by atoms with E-state index in [2.05, 4.69) is 0 Å². The van der Waals surface area contributed by atoms with E-state index in [1.54, 1.807) is 7.11 Å². The van der Waals surface area contributed by atoms with E-state index in [-0.39, 0.29) is 11.8 Å². The average molecular weight is 220 g/mol. The minimum Gasteiger partial charge on any atom is -0.496 e. The van der Waals surface area contributed by atoms with Gasteiger partial charge in [0.1, 0.15) is 5.75 Å². The van der Waals surface area contributed by atoms with Gasteiger partial charge < -0.3 is 9.84 Å². The van der Waals surface area contributed by atoms with Crippen LogP contribution in [0.25, 0.3) is 0 Å². The maximum Gasteiger partial charge on any atom is 0.307 e. The first-order chi connectivity index (χ1) is 7.65. The molecule has 0 amide bonds. The normalized spacial score (nSPS) is 23.6. The number of rotatable bonds is 2. The number of benzene rings is 1. The van der Waals surface area contributed by atoms with Gasteiger partial charge in [0, 0.05) is 0 Å². The van der Waals surface area contributed by atoms with E-state index >= 15 is 0 Å². The molecule has 1 aliphatic rings. The molecule has 0 aliphatic heterocycles. The van der Waals surface area contributed by atoms with Crippen molar-refractivity contribution in [1.82, 2.24) is 0 Å². The van der Waals surface area contributed by atoms with Crippen LogP contribution in [0.15, 0.2) is 18.2 Å². The Morgan fingerprint density at radius 2 is 2.25 bits per heavy atom. The zero-order valence-corrected chi connectivity index (χ0v) is 9.56. The number of hydrogen-bond acceptors (Lipinski definition) is 2. The number of aliphatic carboxylic acids is 1. The monoisotopic (exact) mass is 220 g/mol. The van der Waals surface area contributed by atoms with Crippen molar-refractivity contribution >= 4 is 5.97 Å². The summed E-state index contributed by atoms with van der Waals surface area (Å²) in [6.45, 7) is 1.98. The van der Waals surface area contributed by atoms with Crippen LogP contribution in [0.1, 0.15) is 30.4 Å². The molecule has 2 unspecified atom stereocenters. The Bertz CT molecular complexity index is 412. The molecule has 1 N–H and O–H groups in total. The molecule has 3 heteroatoms. The SMILES string of the molecule is COc1cccc2c1CCC(C(=O)O)C2C. The number of ether oxygens (including phenoxy) is 1. The summed E-state index contributed by atoms with van der Waals surface area (Å²) in [5, 5.41) is 9.13. The Hall–Kier alpha value is -1.51. The molecule has 0 radical (unpaired) electrons. The maximum absolute atomic E-state index is 11.1. The van der Waals surface area contributed by atoms with E-state index in [9.17, 15) is 4.79 Å². The molecular weight excluding hydrogens is 204 g/mol. The lowest BCUT2D eigenvalue weighted by Crippen LogP contribution is -2.26. The van der Waals surface area contributed by atoms with Crippen molar-refractivity contribution in [3.05, 3.63) is 29.3 Å². The molecular formula is C13H16O3. The van der Waals surface area contributed by atoms with Gasteiger partial charge in [-0.2, -0.15) is 0 Å². The molecule has 0 aromatic heterocycles. The summed E-state index contributed by atoms with van der Waals surface area (Å²) in [4.78, 5) is 11.1. The molecule has 1 aliphatic carbocycles. The molecule has 86 valence electrons. The molecule has 0 saturated heterocycles. The second-order valence-electron chi connectivity index (χ2n) is 4.30. The Morgan fingerprint density at radius 1 is 1.50 bits per heavy atom. The van der Waals surface area contributed by atoms with Crippen LogP contribution in [0, 0.1) is 5.92 Å². The van der Waals surface area contributed by atoms with Gasteiger partial charge in [0.05, 0.1) is 13.0 Å². The maximum atomic E-state index is 11.1. The number of hydrogen-bond donors (Lipinski definition) is 1. The van der Waals surface area contributed by atoms with Gasteiger partial charge in [-0.25, -0.2) is 0 Å². The lowest BCUT2D eigenvalue weighted by Gasteiger charge is -2.29. The topological polar surface area (TPSA) is 46.5 Å². The average Bonchev–Trinajstić information content (AvgIpc) is 2.28. The molecule has 3 nitrogen and oxygen atoms in total. The van der Waals surface area contributed by atoms with Crippen molar-refractivity contribution < 1.29 is 14.6 Å². The van der Waals surface area contributed by atoms with Gasteiger partial charge in [-0.15, -0.1) is 0 Å². The second kappa shape index (κ2) is 4.16. The van der Waals surface area contributed by atoms with E-state index in [1.165, 1.54) is 5.56 Å². The summed E-state index contributed by atoms with van der Waals surface area (Å²) in [6.07, 6.45) is 1.49. The van der Waals surface area contributed by atoms with Gasteiger partial charge in [-0.3, -0.25) is 4.79 Å². The van der Waals surface area contributed by atoms with Crippen LogP contribution in [-0.2, 0) is 11.2 Å². The van der Waals surface area contributed by atoms with Gasteiger partial charge in [0.15, 0.2) is 0 Å². The Labute approximate surface area is 95.0 Å². The molecule has 0 bridgehead atoms. The summed E-state index contributed by atoms with van der Waals surface area (Å²) < 4.78 is 5.31. The van der Waals surface area contributed by atoms with Gasteiger partial charge >= 0.3 is 5.97 Å². The highest BCUT2D eigenvalue weighted by atomic mass is 16.5. The van der Waals surface area contributed by atoms with Crippen molar-refractivity contribution in [2.45, 2.75) is 25.7 Å². The third kappa shape index (κ3) is 1.66. The van der Waals surface area contributed by atoms with Crippen LogP contribution >= 0.6 is 0 Å². The fourth-order valence-corrected chi connectivity index (χ4v) is 2.57. The number of carboxylic acid groups (broad SMARTS) is 1. The highest BCUT2D eigenvalue weighted by molar-refractivity contribution is 5.72. The van der Waals surface area contributed by atoms with E-state index in [4.69, 9.17) is 9.84 Å². The summed E-state index contributed by atoms with van der Waals surface area (Å²) in [7, 11) is 1.66. The first kappa shape index (κ1) is 11.0. The predicted molar refractivity (Wildman–Crippen MR) is 60.9 cm³/mol. The van der Waals surface area contributed by atoms with Gasteiger partial charge in [-0.1, -0.05) is 19.1 Å².